The zero-order valence-corrected chi connectivity index (χ0v) is 9.88. The highest BCUT2D eigenvalue weighted by molar-refractivity contribution is 9.16. The molecule has 0 unspecified atom stereocenters. The van der Waals surface area contributed by atoms with Gasteiger partial charge in [-0.3, -0.25) is 0 Å². The van der Waals surface area contributed by atoms with Crippen LogP contribution in [0.3, 0.4) is 0 Å². The lowest BCUT2D eigenvalue weighted by molar-refractivity contribution is 0.591. The largest absolute Gasteiger partial charge is 0.219 e. The minimum atomic E-state index is -1.78. The zero-order chi connectivity index (χ0) is 9.71. The van der Waals surface area contributed by atoms with E-state index in [2.05, 4.69) is 12.5 Å². The Morgan fingerprint density at radius 1 is 1.38 bits per heavy atom. The Bertz CT molecular complexity index is 363. The summed E-state index contributed by atoms with van der Waals surface area (Å²) >= 11 is 0. The summed E-state index contributed by atoms with van der Waals surface area (Å²) in [6, 6.07) is 5.76. The molecule has 1 heterocycles. The lowest BCUT2D eigenvalue weighted by atomic mass is 10.2. The minimum absolute atomic E-state index is 0.0233. The van der Waals surface area contributed by atoms with Crippen LogP contribution in [0.4, 0.5) is 4.39 Å². The Labute approximate surface area is 82.6 Å². The van der Waals surface area contributed by atoms with Crippen LogP contribution in [0.1, 0.15) is 5.56 Å². The molecule has 0 nitrogen and oxygen atoms in total. The van der Waals surface area contributed by atoms with Crippen molar-refractivity contribution in [1.82, 2.24) is 0 Å². The molecule has 2 rings (SSSR count). The third-order valence-corrected chi connectivity index (χ3v) is 11.3. The van der Waals surface area contributed by atoms with Crippen molar-refractivity contribution in [2.45, 2.75) is 11.8 Å². The Morgan fingerprint density at radius 2 is 2.00 bits per heavy atom. The summed E-state index contributed by atoms with van der Waals surface area (Å²) in [6.07, 6.45) is 4.49. The molecule has 13 heavy (non-hydrogen) atoms. The van der Waals surface area contributed by atoms with Crippen LogP contribution in [-0.4, -0.2) is 17.6 Å². The van der Waals surface area contributed by atoms with Gasteiger partial charge >= 0.3 is 0 Å². The normalized spacial score (nSPS) is 26.0. The van der Waals surface area contributed by atoms with Gasteiger partial charge in [-0.2, -0.15) is 0 Å². The van der Waals surface area contributed by atoms with Crippen molar-refractivity contribution in [3.63, 3.8) is 0 Å². The maximum atomic E-state index is 13.8. The highest BCUT2D eigenvalue weighted by atomic mass is 33.2. The standard InChI is InChI=1S/C10H15FS2/c1-8-5-4-6-9(10(8)11)13(2,3)7-12-13/h4-6,13H,7H2,1-3H3. The molecule has 0 aromatic heterocycles. The van der Waals surface area contributed by atoms with Gasteiger partial charge in [0.15, 0.2) is 0 Å². The van der Waals surface area contributed by atoms with Crippen molar-refractivity contribution < 1.29 is 4.39 Å². The first kappa shape index (κ1) is 9.41. The molecule has 0 saturated carbocycles. The van der Waals surface area contributed by atoms with Gasteiger partial charge in [-0.25, -0.2) is 12.6 Å². The van der Waals surface area contributed by atoms with E-state index in [4.69, 9.17) is 0 Å². The molecule has 0 amide bonds. The fourth-order valence-corrected chi connectivity index (χ4v) is 8.08. The quantitative estimate of drug-likeness (QED) is 0.428. The van der Waals surface area contributed by atoms with Crippen molar-refractivity contribution in [3.05, 3.63) is 29.6 Å². The highest BCUT2D eigenvalue weighted by Crippen LogP contribution is 2.94. The second-order valence-electron chi connectivity index (χ2n) is 4.44. The predicted molar refractivity (Wildman–Crippen MR) is 62.7 cm³/mol. The summed E-state index contributed by atoms with van der Waals surface area (Å²) < 4.78 is 13.8. The van der Waals surface area contributed by atoms with E-state index >= 15 is 0 Å². The van der Waals surface area contributed by atoms with Crippen LogP contribution in [0.25, 0.3) is 0 Å². The number of hydrogen-bond acceptors (Lipinski definition) is 1. The Balaban J connectivity index is 2.60. The molecule has 1 aliphatic rings. The number of hydrogen-bond donors (Lipinski definition) is 1. The summed E-state index contributed by atoms with van der Waals surface area (Å²) in [5, 5.41) is 1.14. The number of aryl methyl sites for hydroxylation is 1. The third-order valence-electron chi connectivity index (χ3n) is 2.70. The first-order valence-electron chi connectivity index (χ1n) is 4.34. The highest BCUT2D eigenvalue weighted by Gasteiger charge is 2.48. The Morgan fingerprint density at radius 3 is 2.54 bits per heavy atom. The number of halogens is 1. The van der Waals surface area contributed by atoms with Gasteiger partial charge in [-0.15, -0.1) is 10.8 Å². The Kier molecular flexibility index (Phi) is 1.77. The average Bonchev–Trinajstić information content (AvgIpc) is 2.70. The fourth-order valence-electron chi connectivity index (χ4n) is 1.45. The fraction of sp³-hybridized carbons (Fsp3) is 0.400. The topological polar surface area (TPSA) is 0 Å². The molecule has 0 N–H and O–H groups in total. The van der Waals surface area contributed by atoms with Crippen molar-refractivity contribution in [2.24, 2.45) is 0 Å². The van der Waals surface area contributed by atoms with Crippen LogP contribution in [0.15, 0.2) is 23.1 Å². The summed E-state index contributed by atoms with van der Waals surface area (Å²) in [5.74, 6) is 0.0233. The first-order chi connectivity index (χ1) is 5.92. The van der Waals surface area contributed by atoms with Crippen LogP contribution in [0.2, 0.25) is 0 Å². The number of benzene rings is 1. The molecule has 1 aromatic rings. The maximum Gasteiger partial charge on any atom is 0.137 e. The van der Waals surface area contributed by atoms with Gasteiger partial charge in [-0.05, 0) is 31.1 Å². The molecular weight excluding hydrogens is 203 g/mol. The molecule has 1 aliphatic heterocycles. The van der Waals surface area contributed by atoms with Crippen LogP contribution in [0, 0.1) is 12.7 Å². The van der Waals surface area contributed by atoms with Crippen LogP contribution in [-0.2, 0) is 0 Å². The number of rotatable bonds is 1. The molecular formula is C10H15FS2. The van der Waals surface area contributed by atoms with Crippen LogP contribution < -0.4 is 0 Å². The predicted octanol–water partition coefficient (Wildman–Crippen LogP) is 3.44. The zero-order valence-electron chi connectivity index (χ0n) is 8.17. The lowest BCUT2D eigenvalue weighted by Crippen LogP contribution is -2.00. The molecule has 1 aromatic carbocycles. The van der Waals surface area contributed by atoms with Gasteiger partial charge in [0.1, 0.15) is 5.82 Å². The molecule has 0 radical (unpaired) electrons. The smallest absolute Gasteiger partial charge is 0.137 e. The van der Waals surface area contributed by atoms with Gasteiger partial charge in [-0.1, -0.05) is 12.1 Å². The molecule has 0 aliphatic carbocycles. The minimum Gasteiger partial charge on any atom is -0.219 e. The SMILES string of the molecule is Cc1cccc([SH]2(C)(C)CS2)c1F. The van der Waals surface area contributed by atoms with E-state index in [0.717, 1.165) is 15.5 Å². The van der Waals surface area contributed by atoms with Crippen molar-refractivity contribution in [2.75, 3.05) is 17.6 Å². The lowest BCUT2D eigenvalue weighted by Gasteiger charge is -2.34. The van der Waals surface area contributed by atoms with E-state index in [0.29, 0.717) is 0 Å². The molecule has 0 spiro atoms. The van der Waals surface area contributed by atoms with Crippen LogP contribution in [0.5, 0.6) is 0 Å². The van der Waals surface area contributed by atoms with Gasteiger partial charge < -0.3 is 0 Å². The van der Waals surface area contributed by atoms with Gasteiger partial charge in [0.25, 0.3) is 0 Å². The third kappa shape index (κ3) is 1.38. The molecule has 3 heteroatoms. The summed E-state index contributed by atoms with van der Waals surface area (Å²) in [7, 11) is 0.158. The monoisotopic (exact) mass is 218 g/mol. The Hall–Kier alpha value is -0.150. The van der Waals surface area contributed by atoms with E-state index in [1.54, 1.807) is 0 Å². The van der Waals surface area contributed by atoms with Crippen LogP contribution >= 0.6 is 19.0 Å². The molecule has 0 bridgehead atoms. The molecule has 74 valence electrons. The first-order valence-corrected chi connectivity index (χ1v) is 9.24. The average molecular weight is 218 g/mol. The summed E-state index contributed by atoms with van der Waals surface area (Å²) in [5.41, 5.74) is 0.776. The summed E-state index contributed by atoms with van der Waals surface area (Å²) in [6.45, 7) is 1.84. The second-order valence-corrected chi connectivity index (χ2v) is 15.0. The van der Waals surface area contributed by atoms with Crippen molar-refractivity contribution in [3.8, 4) is 0 Å². The van der Waals surface area contributed by atoms with Crippen molar-refractivity contribution >= 4 is 19.0 Å². The van der Waals surface area contributed by atoms with E-state index in [1.807, 2.05) is 35.9 Å². The van der Waals surface area contributed by atoms with E-state index in [-0.39, 0.29) is 5.82 Å². The van der Waals surface area contributed by atoms with Crippen molar-refractivity contribution in [1.29, 1.82) is 0 Å². The van der Waals surface area contributed by atoms with E-state index < -0.39 is 8.19 Å². The van der Waals surface area contributed by atoms with Gasteiger partial charge in [0, 0.05) is 9.98 Å². The molecule has 0 atom stereocenters. The number of thiol groups is 1. The van der Waals surface area contributed by atoms with Gasteiger partial charge in [0.2, 0.25) is 0 Å². The summed E-state index contributed by atoms with van der Waals surface area (Å²) in [4.78, 5) is 0.982. The molecule has 1 fully saturated rings. The van der Waals surface area contributed by atoms with Gasteiger partial charge in [0.05, 0.1) is 0 Å². The maximum absolute atomic E-state index is 13.8. The second kappa shape index (κ2) is 2.45. The van der Waals surface area contributed by atoms with E-state index in [9.17, 15) is 4.39 Å². The molecule has 1 saturated heterocycles. The van der Waals surface area contributed by atoms with E-state index in [1.165, 1.54) is 0 Å².